The van der Waals surface area contributed by atoms with Crippen LogP contribution in [-0.2, 0) is 5.60 Å². The van der Waals surface area contributed by atoms with E-state index < -0.39 is 5.60 Å². The predicted molar refractivity (Wildman–Crippen MR) is 115 cm³/mol. The second-order valence-corrected chi connectivity index (χ2v) is 7.47. The summed E-state index contributed by atoms with van der Waals surface area (Å²) in [6.45, 7) is 3.55. The molecule has 5 heteroatoms. The minimum Gasteiger partial charge on any atom is -0.493 e. The number of para-hydroxylation sites is 1. The monoisotopic (exact) mass is 388 g/mol. The molecule has 3 aromatic carbocycles. The van der Waals surface area contributed by atoms with E-state index in [1.54, 1.807) is 34.4 Å². The lowest BCUT2D eigenvalue weighted by atomic mass is 9.98. The van der Waals surface area contributed by atoms with Crippen LogP contribution in [0.4, 0.5) is 0 Å². The van der Waals surface area contributed by atoms with E-state index in [-0.39, 0.29) is 0 Å². The molecule has 0 amide bonds. The summed E-state index contributed by atoms with van der Waals surface area (Å²) in [6.07, 6.45) is 1.81. The molecule has 0 saturated heterocycles. The van der Waals surface area contributed by atoms with Crippen molar-refractivity contribution in [2.45, 2.75) is 19.4 Å². The van der Waals surface area contributed by atoms with Crippen molar-refractivity contribution < 1.29 is 14.6 Å². The van der Waals surface area contributed by atoms with Crippen molar-refractivity contribution in [3.63, 3.8) is 0 Å². The molecule has 0 atom stereocenters. The topological polar surface area (TPSA) is 56.5 Å². The van der Waals surface area contributed by atoms with E-state index in [1.165, 1.54) is 0 Å². The fraction of sp³-hybridized carbons (Fsp3) is 0.208. The summed E-state index contributed by atoms with van der Waals surface area (Å²) in [4.78, 5) is 4.54. The number of aromatic nitrogens is 2. The molecule has 1 heterocycles. The van der Waals surface area contributed by atoms with Gasteiger partial charge in [0.05, 0.1) is 30.9 Å². The fourth-order valence-electron chi connectivity index (χ4n) is 3.54. The molecule has 148 valence electrons. The smallest absolute Gasteiger partial charge is 0.168 e. The van der Waals surface area contributed by atoms with Gasteiger partial charge in [0.15, 0.2) is 11.5 Å². The van der Waals surface area contributed by atoms with Crippen molar-refractivity contribution in [2.75, 3.05) is 14.2 Å². The Morgan fingerprint density at radius 1 is 0.931 bits per heavy atom. The molecule has 4 aromatic rings. The van der Waals surface area contributed by atoms with E-state index in [0.29, 0.717) is 11.5 Å². The van der Waals surface area contributed by atoms with E-state index in [4.69, 9.17) is 9.47 Å². The number of benzene rings is 3. The summed E-state index contributed by atoms with van der Waals surface area (Å²) in [5, 5.41) is 10.3. The van der Waals surface area contributed by atoms with Crippen LogP contribution in [0, 0.1) is 0 Å². The zero-order valence-electron chi connectivity index (χ0n) is 17.0. The van der Waals surface area contributed by atoms with E-state index in [1.807, 2.05) is 59.2 Å². The van der Waals surface area contributed by atoms with Gasteiger partial charge >= 0.3 is 0 Å². The van der Waals surface area contributed by atoms with Crippen molar-refractivity contribution in [2.24, 2.45) is 0 Å². The maximum Gasteiger partial charge on any atom is 0.168 e. The molecule has 0 aliphatic rings. The van der Waals surface area contributed by atoms with Crippen LogP contribution in [0.15, 0.2) is 67.0 Å². The molecule has 0 unspecified atom stereocenters. The van der Waals surface area contributed by atoms with Gasteiger partial charge in [0.25, 0.3) is 0 Å². The van der Waals surface area contributed by atoms with Crippen LogP contribution in [0.1, 0.15) is 19.4 Å². The Balaban J connectivity index is 1.81. The third kappa shape index (κ3) is 3.45. The van der Waals surface area contributed by atoms with Crippen LogP contribution < -0.4 is 9.47 Å². The average Bonchev–Trinajstić information content (AvgIpc) is 3.16. The lowest BCUT2D eigenvalue weighted by Crippen LogP contribution is -2.15. The first-order chi connectivity index (χ1) is 13.9. The first kappa shape index (κ1) is 19.0. The van der Waals surface area contributed by atoms with Crippen molar-refractivity contribution in [1.82, 2.24) is 9.55 Å². The minimum absolute atomic E-state index is 0.697. The molecule has 0 saturated carbocycles. The highest BCUT2D eigenvalue weighted by atomic mass is 16.5. The van der Waals surface area contributed by atoms with Crippen LogP contribution in [0.2, 0.25) is 0 Å². The van der Waals surface area contributed by atoms with Crippen LogP contribution >= 0.6 is 0 Å². The van der Waals surface area contributed by atoms with Crippen LogP contribution in [0.3, 0.4) is 0 Å². The van der Waals surface area contributed by atoms with Gasteiger partial charge in [0.2, 0.25) is 0 Å². The minimum atomic E-state index is -0.902. The zero-order chi connectivity index (χ0) is 20.6. The van der Waals surface area contributed by atoms with Gasteiger partial charge in [-0.2, -0.15) is 0 Å². The summed E-state index contributed by atoms with van der Waals surface area (Å²) < 4.78 is 13.1. The van der Waals surface area contributed by atoms with Gasteiger partial charge in [-0.25, -0.2) is 4.98 Å². The molecular formula is C24H24N2O3. The lowest BCUT2D eigenvalue weighted by molar-refractivity contribution is 0.0787. The summed E-state index contributed by atoms with van der Waals surface area (Å²) in [5.41, 5.74) is 4.73. The molecular weight excluding hydrogens is 364 g/mol. The Kier molecular flexibility index (Phi) is 4.76. The molecule has 4 rings (SSSR count). The van der Waals surface area contributed by atoms with Gasteiger partial charge in [0.1, 0.15) is 6.33 Å². The Hall–Kier alpha value is -3.31. The molecule has 0 radical (unpaired) electrons. The number of hydrogen-bond acceptors (Lipinski definition) is 4. The van der Waals surface area contributed by atoms with Gasteiger partial charge in [-0.05, 0) is 55.3 Å². The third-order valence-electron chi connectivity index (χ3n) is 5.09. The third-order valence-corrected chi connectivity index (χ3v) is 5.09. The highest BCUT2D eigenvalue weighted by Crippen LogP contribution is 2.38. The van der Waals surface area contributed by atoms with Crippen LogP contribution in [0.5, 0.6) is 11.5 Å². The van der Waals surface area contributed by atoms with Crippen LogP contribution in [-0.4, -0.2) is 28.9 Å². The Morgan fingerprint density at radius 3 is 2.45 bits per heavy atom. The molecule has 0 aliphatic carbocycles. The Labute approximate surface area is 170 Å². The first-order valence-corrected chi connectivity index (χ1v) is 9.44. The second kappa shape index (κ2) is 7.26. The van der Waals surface area contributed by atoms with Gasteiger partial charge in [-0.1, -0.05) is 30.3 Å². The number of ether oxygens (including phenoxy) is 2. The van der Waals surface area contributed by atoms with E-state index in [2.05, 4.69) is 11.1 Å². The standard InChI is InChI=1S/C24H24N2O3/c1-24(2,27)17-11-12-21-20(14-17)25-15-26(21)18-8-5-7-16(13-18)19-9-6-10-22(28-3)23(19)29-4/h5-15,27H,1-4H3. The number of fused-ring (bicyclic) bond motifs is 1. The second-order valence-electron chi connectivity index (χ2n) is 7.47. The molecule has 0 bridgehead atoms. The number of nitrogens with zero attached hydrogens (tertiary/aromatic N) is 2. The van der Waals surface area contributed by atoms with E-state index in [9.17, 15) is 5.11 Å². The summed E-state index contributed by atoms with van der Waals surface area (Å²) in [5.74, 6) is 1.40. The highest BCUT2D eigenvalue weighted by molar-refractivity contribution is 5.80. The van der Waals surface area contributed by atoms with Crippen molar-refractivity contribution in [1.29, 1.82) is 0 Å². The van der Waals surface area contributed by atoms with Crippen molar-refractivity contribution in [3.8, 4) is 28.3 Å². The van der Waals surface area contributed by atoms with Gasteiger partial charge in [-0.15, -0.1) is 0 Å². The molecule has 0 aliphatic heterocycles. The van der Waals surface area contributed by atoms with E-state index in [0.717, 1.165) is 33.4 Å². The van der Waals surface area contributed by atoms with Crippen molar-refractivity contribution >= 4 is 11.0 Å². The quantitative estimate of drug-likeness (QED) is 0.526. The number of aliphatic hydroxyl groups is 1. The molecule has 29 heavy (non-hydrogen) atoms. The van der Waals surface area contributed by atoms with Gasteiger partial charge in [-0.3, -0.25) is 4.57 Å². The van der Waals surface area contributed by atoms with Gasteiger partial charge < -0.3 is 14.6 Å². The number of rotatable bonds is 5. The van der Waals surface area contributed by atoms with E-state index >= 15 is 0 Å². The van der Waals surface area contributed by atoms with Crippen molar-refractivity contribution in [3.05, 3.63) is 72.6 Å². The SMILES string of the molecule is COc1cccc(-c2cccc(-n3cnc4cc(C(C)(C)O)ccc43)c2)c1OC. The number of imidazole rings is 1. The fourth-order valence-corrected chi connectivity index (χ4v) is 3.54. The maximum absolute atomic E-state index is 10.3. The summed E-state index contributed by atoms with van der Waals surface area (Å²) >= 11 is 0. The van der Waals surface area contributed by atoms with Gasteiger partial charge in [0, 0.05) is 11.3 Å². The largest absolute Gasteiger partial charge is 0.493 e. The zero-order valence-corrected chi connectivity index (χ0v) is 17.0. The maximum atomic E-state index is 10.3. The summed E-state index contributed by atoms with van der Waals surface area (Å²) in [7, 11) is 3.28. The molecule has 0 spiro atoms. The van der Waals surface area contributed by atoms with Crippen LogP contribution in [0.25, 0.3) is 27.8 Å². The number of hydrogen-bond donors (Lipinski definition) is 1. The summed E-state index contributed by atoms with van der Waals surface area (Å²) in [6, 6.07) is 19.9. The molecule has 1 aromatic heterocycles. The predicted octanol–water partition coefficient (Wildman–Crippen LogP) is 4.94. The molecule has 1 N–H and O–H groups in total. The first-order valence-electron chi connectivity index (χ1n) is 9.44. The lowest BCUT2D eigenvalue weighted by Gasteiger charge is -2.17. The molecule has 5 nitrogen and oxygen atoms in total. The normalized spacial score (nSPS) is 11.6. The Morgan fingerprint density at radius 2 is 1.72 bits per heavy atom. The number of methoxy groups -OCH3 is 2. The Bertz CT molecular complexity index is 1170. The highest BCUT2D eigenvalue weighted by Gasteiger charge is 2.18. The molecule has 0 fully saturated rings. The average molecular weight is 388 g/mol.